The quantitative estimate of drug-likeness (QED) is 0.461. The summed E-state index contributed by atoms with van der Waals surface area (Å²) in [4.78, 5) is 53.8. The van der Waals surface area contributed by atoms with Crippen LogP contribution in [0.3, 0.4) is 0 Å². The number of nitrogens with zero attached hydrogens (tertiary/aromatic N) is 4. The van der Waals surface area contributed by atoms with E-state index in [-0.39, 0.29) is 43.3 Å². The molecule has 0 radical (unpaired) electrons. The fraction of sp³-hybridized carbons (Fsp3) is 0.381. The highest BCUT2D eigenvalue weighted by molar-refractivity contribution is 6.45. The molecule has 0 saturated carbocycles. The number of anilines is 3. The lowest BCUT2D eigenvalue weighted by atomic mass is 10.1. The van der Waals surface area contributed by atoms with E-state index >= 15 is 0 Å². The van der Waals surface area contributed by atoms with Crippen LogP contribution >= 0.6 is 0 Å². The van der Waals surface area contributed by atoms with Gasteiger partial charge in [0.1, 0.15) is 17.6 Å². The molecule has 2 aromatic rings. The number of rotatable bonds is 9. The molecule has 0 saturated heterocycles. The van der Waals surface area contributed by atoms with Crippen molar-refractivity contribution in [3.63, 3.8) is 0 Å². The van der Waals surface area contributed by atoms with Crippen LogP contribution in [0, 0.1) is 0 Å². The van der Waals surface area contributed by atoms with E-state index in [0.29, 0.717) is 12.1 Å². The van der Waals surface area contributed by atoms with Gasteiger partial charge in [-0.1, -0.05) is 25.1 Å². The van der Waals surface area contributed by atoms with Crippen LogP contribution in [0.15, 0.2) is 45.0 Å². The lowest BCUT2D eigenvalue weighted by Crippen LogP contribution is -2.45. The summed E-state index contributed by atoms with van der Waals surface area (Å²) in [6.45, 7) is 2.16. The maximum Gasteiger partial charge on any atom is 0.330 e. The van der Waals surface area contributed by atoms with Crippen molar-refractivity contribution in [2.45, 2.75) is 32.4 Å². The first-order valence-electron chi connectivity index (χ1n) is 10.4. The summed E-state index contributed by atoms with van der Waals surface area (Å²) in [5.74, 6) is -1.43. The number of benzene rings is 1. The summed E-state index contributed by atoms with van der Waals surface area (Å²) >= 11 is 0. The number of ether oxygens (including phenoxy) is 1. The van der Waals surface area contributed by atoms with Crippen LogP contribution in [0.25, 0.3) is 0 Å². The Morgan fingerprint density at radius 2 is 1.97 bits per heavy atom. The fourth-order valence-corrected chi connectivity index (χ4v) is 3.62. The molecule has 33 heavy (non-hydrogen) atoms. The van der Waals surface area contributed by atoms with Gasteiger partial charge in [0.15, 0.2) is 5.69 Å². The van der Waals surface area contributed by atoms with Gasteiger partial charge in [-0.05, 0) is 18.6 Å². The van der Waals surface area contributed by atoms with Gasteiger partial charge in [-0.2, -0.15) is 5.10 Å². The molecular weight excluding hydrogens is 430 g/mol. The van der Waals surface area contributed by atoms with Gasteiger partial charge in [-0.15, -0.1) is 0 Å². The standard InChI is InChI=1S/C21H27N7O5/c1-3-9-27-17(22)16(19(30)24-21(27)32)26(10-11-33-2)20(31)14-12-15(18(23)29)28(25-14)13-7-5-4-6-8-13/h4-8,15H,3,9-12,22H2,1-2H3,(H2,23,29)(H,24,30,32). The normalized spacial score (nSPS) is 15.4. The van der Waals surface area contributed by atoms with Crippen LogP contribution in [-0.4, -0.2) is 53.4 Å². The van der Waals surface area contributed by atoms with E-state index in [9.17, 15) is 19.2 Å². The van der Waals surface area contributed by atoms with E-state index in [1.807, 2.05) is 6.92 Å². The van der Waals surface area contributed by atoms with Crippen molar-refractivity contribution in [2.24, 2.45) is 10.8 Å². The minimum atomic E-state index is -0.875. The first-order chi connectivity index (χ1) is 15.8. The summed E-state index contributed by atoms with van der Waals surface area (Å²) in [5.41, 5.74) is 10.7. The lowest BCUT2D eigenvalue weighted by molar-refractivity contribution is -0.119. The zero-order valence-corrected chi connectivity index (χ0v) is 18.5. The Labute approximate surface area is 189 Å². The van der Waals surface area contributed by atoms with Gasteiger partial charge in [0.25, 0.3) is 11.5 Å². The minimum absolute atomic E-state index is 0.0193. The van der Waals surface area contributed by atoms with Crippen molar-refractivity contribution in [1.29, 1.82) is 0 Å². The molecule has 12 nitrogen and oxygen atoms in total. The predicted octanol–water partition coefficient (Wildman–Crippen LogP) is -0.372. The van der Waals surface area contributed by atoms with Gasteiger partial charge >= 0.3 is 5.69 Å². The lowest BCUT2D eigenvalue weighted by Gasteiger charge is -2.24. The first-order valence-corrected chi connectivity index (χ1v) is 10.4. The summed E-state index contributed by atoms with van der Waals surface area (Å²) in [6, 6.07) is 7.94. The average Bonchev–Trinajstić information content (AvgIpc) is 3.25. The largest absolute Gasteiger partial charge is 0.383 e. The topological polar surface area (TPSA) is 169 Å². The molecule has 0 aliphatic carbocycles. The number of nitrogens with one attached hydrogen (secondary N) is 1. The van der Waals surface area contributed by atoms with E-state index in [2.05, 4.69) is 10.1 Å². The SMILES string of the molecule is CCCn1c(N)c(N(CCOC)C(=O)C2=NN(c3ccccc3)C(C(N)=O)C2)c(=O)[nH]c1=O. The highest BCUT2D eigenvalue weighted by atomic mass is 16.5. The van der Waals surface area contributed by atoms with Crippen LogP contribution in [0.5, 0.6) is 0 Å². The number of carbonyl (C=O) groups is 2. The Hall–Kier alpha value is -3.93. The zero-order chi connectivity index (χ0) is 24.1. The van der Waals surface area contributed by atoms with E-state index in [1.54, 1.807) is 30.3 Å². The van der Waals surface area contributed by atoms with Gasteiger partial charge in [0.2, 0.25) is 5.91 Å². The third-order valence-electron chi connectivity index (χ3n) is 5.20. The van der Waals surface area contributed by atoms with Gasteiger partial charge in [-0.25, -0.2) is 4.79 Å². The van der Waals surface area contributed by atoms with Crippen molar-refractivity contribution in [2.75, 3.05) is 35.9 Å². The molecule has 1 atom stereocenters. The first kappa shape index (κ1) is 23.7. The molecule has 2 heterocycles. The van der Waals surface area contributed by atoms with E-state index < -0.39 is 29.1 Å². The molecular formula is C21H27N7O5. The second kappa shape index (κ2) is 10.1. The zero-order valence-electron chi connectivity index (χ0n) is 18.5. The maximum atomic E-state index is 13.5. The molecule has 5 N–H and O–H groups in total. The summed E-state index contributed by atoms with van der Waals surface area (Å²) < 4.78 is 6.29. The number of methoxy groups -OCH3 is 1. The number of aromatic amines is 1. The Balaban J connectivity index is 2.07. The highest BCUT2D eigenvalue weighted by Crippen LogP contribution is 2.26. The molecule has 1 aromatic carbocycles. The fourth-order valence-electron chi connectivity index (χ4n) is 3.62. The van der Waals surface area contributed by atoms with Crippen molar-refractivity contribution in [3.8, 4) is 0 Å². The Morgan fingerprint density at radius 1 is 1.27 bits per heavy atom. The number of para-hydroxylation sites is 1. The number of carbonyl (C=O) groups excluding carboxylic acids is 2. The van der Waals surface area contributed by atoms with E-state index in [1.165, 1.54) is 16.7 Å². The molecule has 3 rings (SSSR count). The molecule has 176 valence electrons. The van der Waals surface area contributed by atoms with Gasteiger partial charge in [0, 0.05) is 26.6 Å². The average molecular weight is 457 g/mol. The van der Waals surface area contributed by atoms with Crippen molar-refractivity contribution >= 4 is 34.7 Å². The predicted molar refractivity (Wildman–Crippen MR) is 124 cm³/mol. The van der Waals surface area contributed by atoms with Crippen LogP contribution < -0.4 is 32.6 Å². The number of hydrogen-bond donors (Lipinski definition) is 3. The third kappa shape index (κ3) is 4.80. The molecule has 0 spiro atoms. The Bertz CT molecular complexity index is 1170. The monoisotopic (exact) mass is 457 g/mol. The number of amides is 2. The summed E-state index contributed by atoms with van der Waals surface area (Å²) in [5, 5.41) is 5.73. The number of H-pyrrole nitrogens is 1. The minimum Gasteiger partial charge on any atom is -0.383 e. The molecule has 1 unspecified atom stereocenters. The molecule has 2 amide bonds. The second-order valence-electron chi connectivity index (χ2n) is 7.44. The van der Waals surface area contributed by atoms with Gasteiger partial charge in [0.05, 0.1) is 12.3 Å². The smallest absolute Gasteiger partial charge is 0.330 e. The highest BCUT2D eigenvalue weighted by Gasteiger charge is 2.38. The van der Waals surface area contributed by atoms with Crippen LogP contribution in [0.4, 0.5) is 17.2 Å². The molecule has 12 heteroatoms. The van der Waals surface area contributed by atoms with Crippen molar-refractivity contribution < 1.29 is 14.3 Å². The Morgan fingerprint density at radius 3 is 2.58 bits per heavy atom. The Kier molecular flexibility index (Phi) is 7.28. The maximum absolute atomic E-state index is 13.5. The molecule has 1 aromatic heterocycles. The number of hydrazone groups is 1. The van der Waals surface area contributed by atoms with Crippen molar-refractivity contribution in [3.05, 3.63) is 51.2 Å². The van der Waals surface area contributed by atoms with Crippen molar-refractivity contribution in [1.82, 2.24) is 9.55 Å². The third-order valence-corrected chi connectivity index (χ3v) is 5.20. The number of hydrogen-bond acceptors (Lipinski definition) is 8. The van der Waals surface area contributed by atoms with Gasteiger partial charge < -0.3 is 16.2 Å². The molecule has 0 fully saturated rings. The number of aromatic nitrogens is 2. The molecule has 0 bridgehead atoms. The number of primary amides is 1. The number of nitrogen functional groups attached to an aromatic ring is 1. The van der Waals surface area contributed by atoms with Gasteiger partial charge in [-0.3, -0.25) is 33.8 Å². The van der Waals surface area contributed by atoms with E-state index in [4.69, 9.17) is 16.2 Å². The molecule has 1 aliphatic heterocycles. The second-order valence-corrected chi connectivity index (χ2v) is 7.44. The molecule has 1 aliphatic rings. The summed E-state index contributed by atoms with van der Waals surface area (Å²) in [7, 11) is 1.45. The summed E-state index contributed by atoms with van der Waals surface area (Å²) in [6.07, 6.45) is 0.527. The van der Waals surface area contributed by atoms with Crippen LogP contribution in [-0.2, 0) is 20.9 Å². The van der Waals surface area contributed by atoms with Crippen LogP contribution in [0.1, 0.15) is 19.8 Å². The van der Waals surface area contributed by atoms with E-state index in [0.717, 1.165) is 4.90 Å². The van der Waals surface area contributed by atoms with Crippen LogP contribution in [0.2, 0.25) is 0 Å². The number of nitrogens with two attached hydrogens (primary N) is 2.